The van der Waals surface area contributed by atoms with E-state index in [0.29, 0.717) is 23.1 Å². The number of alkyl halides is 3. The molecule has 0 amide bonds. The molecule has 0 radical (unpaired) electrons. The van der Waals surface area contributed by atoms with Gasteiger partial charge in [0, 0.05) is 56.8 Å². The number of hydrogen-bond donors (Lipinski definition) is 1. The predicted octanol–water partition coefficient (Wildman–Crippen LogP) is 3.71. The number of aryl methyl sites for hydroxylation is 2. The van der Waals surface area contributed by atoms with Crippen molar-refractivity contribution in [1.82, 2.24) is 34.5 Å². The molecule has 4 aromatic rings. The van der Waals surface area contributed by atoms with Crippen molar-refractivity contribution in [2.45, 2.75) is 19.0 Å². The normalized spacial score (nSPS) is 16.3. The SMILES string of the molecule is CN1CCN(CCCc2nc3c(C(F)(F)F)nc4cc(-c5ccn[nH]5)ccc4c3n2C)CC1. The second kappa shape index (κ2) is 8.42. The van der Waals surface area contributed by atoms with E-state index in [2.05, 4.69) is 37.0 Å². The first kappa shape index (κ1) is 21.8. The van der Waals surface area contributed by atoms with Gasteiger partial charge in [0.1, 0.15) is 11.3 Å². The fraction of sp³-hybridized carbons (Fsp3) is 0.435. The molecule has 0 atom stereocenters. The topological polar surface area (TPSA) is 65.9 Å². The zero-order chi connectivity index (χ0) is 23.2. The van der Waals surface area contributed by atoms with Crippen LogP contribution in [0, 0.1) is 0 Å². The number of pyridine rings is 1. The van der Waals surface area contributed by atoms with E-state index in [1.807, 2.05) is 12.1 Å². The zero-order valence-corrected chi connectivity index (χ0v) is 18.7. The van der Waals surface area contributed by atoms with Crippen LogP contribution in [-0.4, -0.2) is 74.3 Å². The Kier molecular flexibility index (Phi) is 5.57. The van der Waals surface area contributed by atoms with Gasteiger partial charge >= 0.3 is 6.18 Å². The number of aromatic amines is 1. The van der Waals surface area contributed by atoms with Gasteiger partial charge < -0.3 is 14.4 Å². The molecular weight excluding hydrogens is 431 g/mol. The van der Waals surface area contributed by atoms with E-state index in [1.165, 1.54) is 0 Å². The summed E-state index contributed by atoms with van der Waals surface area (Å²) in [5.74, 6) is 0.650. The molecule has 0 bridgehead atoms. The number of hydrogen-bond acceptors (Lipinski definition) is 5. The maximum absolute atomic E-state index is 13.9. The number of halogens is 3. The highest BCUT2D eigenvalue weighted by molar-refractivity contribution is 6.04. The molecule has 1 saturated heterocycles. The van der Waals surface area contributed by atoms with Crippen LogP contribution >= 0.6 is 0 Å². The van der Waals surface area contributed by atoms with E-state index in [1.54, 1.807) is 29.9 Å². The van der Waals surface area contributed by atoms with Crippen LogP contribution in [0.4, 0.5) is 13.2 Å². The average Bonchev–Trinajstić information content (AvgIpc) is 3.43. The van der Waals surface area contributed by atoms with Crippen molar-refractivity contribution in [3.63, 3.8) is 0 Å². The molecule has 0 unspecified atom stereocenters. The van der Waals surface area contributed by atoms with E-state index >= 15 is 0 Å². The molecule has 1 aromatic carbocycles. The number of piperazine rings is 1. The van der Waals surface area contributed by atoms with Gasteiger partial charge in [-0.25, -0.2) is 9.97 Å². The summed E-state index contributed by atoms with van der Waals surface area (Å²) in [4.78, 5) is 13.1. The molecule has 1 fully saturated rings. The van der Waals surface area contributed by atoms with Gasteiger partial charge in [-0.3, -0.25) is 5.10 Å². The van der Waals surface area contributed by atoms with Crippen LogP contribution in [0.2, 0.25) is 0 Å². The molecule has 5 rings (SSSR count). The summed E-state index contributed by atoms with van der Waals surface area (Å²) < 4.78 is 43.6. The van der Waals surface area contributed by atoms with Crippen molar-refractivity contribution < 1.29 is 13.2 Å². The molecule has 1 N–H and O–H groups in total. The van der Waals surface area contributed by atoms with Crippen LogP contribution in [0.3, 0.4) is 0 Å². The Morgan fingerprint density at radius 3 is 2.52 bits per heavy atom. The van der Waals surface area contributed by atoms with Crippen molar-refractivity contribution >= 4 is 21.9 Å². The molecule has 0 aliphatic carbocycles. The molecule has 10 heteroatoms. The molecule has 0 saturated carbocycles. The molecule has 1 aliphatic rings. The van der Waals surface area contributed by atoms with E-state index in [-0.39, 0.29) is 11.0 Å². The largest absolute Gasteiger partial charge is 0.435 e. The highest BCUT2D eigenvalue weighted by Crippen LogP contribution is 2.37. The van der Waals surface area contributed by atoms with Crippen molar-refractivity contribution in [3.05, 3.63) is 42.0 Å². The highest BCUT2D eigenvalue weighted by Gasteiger charge is 2.37. The Bertz CT molecular complexity index is 1270. The number of nitrogens with zero attached hydrogens (tertiary/aromatic N) is 6. The molecular formula is C23H26F3N7. The maximum atomic E-state index is 13.9. The number of imidazole rings is 1. The van der Waals surface area contributed by atoms with Crippen LogP contribution in [0.1, 0.15) is 17.9 Å². The van der Waals surface area contributed by atoms with Crippen molar-refractivity contribution in [2.75, 3.05) is 39.8 Å². The minimum atomic E-state index is -4.60. The van der Waals surface area contributed by atoms with E-state index < -0.39 is 11.9 Å². The second-order valence-corrected chi connectivity index (χ2v) is 8.69. The number of benzene rings is 1. The molecule has 4 heterocycles. The minimum Gasteiger partial charge on any atom is -0.331 e. The van der Waals surface area contributed by atoms with E-state index in [0.717, 1.165) is 50.4 Å². The Hall–Kier alpha value is -2.98. The molecule has 174 valence electrons. The monoisotopic (exact) mass is 457 g/mol. The number of likely N-dealkylation sites (N-methyl/N-ethyl adjacent to an activating group) is 1. The first-order chi connectivity index (χ1) is 15.8. The number of aromatic nitrogens is 5. The number of H-pyrrole nitrogens is 1. The number of nitrogens with one attached hydrogen (secondary N) is 1. The summed E-state index contributed by atoms with van der Waals surface area (Å²) in [7, 11) is 3.91. The summed E-state index contributed by atoms with van der Waals surface area (Å²) in [6.07, 6.45) is -1.53. The summed E-state index contributed by atoms with van der Waals surface area (Å²) >= 11 is 0. The predicted molar refractivity (Wildman–Crippen MR) is 121 cm³/mol. The summed E-state index contributed by atoms with van der Waals surface area (Å²) in [6, 6.07) is 7.12. The van der Waals surface area contributed by atoms with Crippen LogP contribution < -0.4 is 0 Å². The van der Waals surface area contributed by atoms with Gasteiger partial charge in [-0.2, -0.15) is 18.3 Å². The van der Waals surface area contributed by atoms with Crippen LogP contribution in [-0.2, 0) is 19.6 Å². The van der Waals surface area contributed by atoms with Crippen molar-refractivity contribution in [3.8, 4) is 11.3 Å². The highest BCUT2D eigenvalue weighted by atomic mass is 19.4. The lowest BCUT2D eigenvalue weighted by atomic mass is 10.1. The lowest BCUT2D eigenvalue weighted by Crippen LogP contribution is -2.44. The number of rotatable bonds is 5. The quantitative estimate of drug-likeness (QED) is 0.495. The lowest BCUT2D eigenvalue weighted by Gasteiger charge is -2.32. The first-order valence-electron chi connectivity index (χ1n) is 11.1. The molecule has 1 aliphatic heterocycles. The van der Waals surface area contributed by atoms with E-state index in [9.17, 15) is 13.2 Å². The van der Waals surface area contributed by atoms with Gasteiger partial charge in [0.2, 0.25) is 0 Å². The Morgan fingerprint density at radius 1 is 1.03 bits per heavy atom. The third-order valence-corrected chi connectivity index (χ3v) is 6.45. The first-order valence-corrected chi connectivity index (χ1v) is 11.1. The van der Waals surface area contributed by atoms with Crippen LogP contribution in [0.25, 0.3) is 33.2 Å². The van der Waals surface area contributed by atoms with Crippen molar-refractivity contribution in [2.24, 2.45) is 7.05 Å². The lowest BCUT2D eigenvalue weighted by molar-refractivity contribution is -0.139. The maximum Gasteiger partial charge on any atom is 0.435 e. The fourth-order valence-electron chi connectivity index (χ4n) is 4.55. The van der Waals surface area contributed by atoms with Gasteiger partial charge in [0.15, 0.2) is 5.69 Å². The van der Waals surface area contributed by atoms with Crippen LogP contribution in [0.5, 0.6) is 0 Å². The minimum absolute atomic E-state index is 0.0820. The van der Waals surface area contributed by atoms with Gasteiger partial charge in [-0.1, -0.05) is 6.07 Å². The third-order valence-electron chi connectivity index (χ3n) is 6.45. The smallest absolute Gasteiger partial charge is 0.331 e. The van der Waals surface area contributed by atoms with Gasteiger partial charge in [0.25, 0.3) is 0 Å². The summed E-state index contributed by atoms with van der Waals surface area (Å²) in [5, 5.41) is 7.42. The standard InChI is InChI=1S/C23H26F3N7/c1-31-10-12-33(13-11-31)9-3-4-19-29-20-21(32(19)2)16-6-5-15(17-7-8-27-30-17)14-18(16)28-22(20)23(24,25)26/h5-8,14H,3-4,9-13H2,1-2H3,(H,27,30). The second-order valence-electron chi connectivity index (χ2n) is 8.69. The van der Waals surface area contributed by atoms with Gasteiger partial charge in [-0.05, 0) is 38.2 Å². The fourth-order valence-corrected chi connectivity index (χ4v) is 4.55. The molecule has 7 nitrogen and oxygen atoms in total. The van der Waals surface area contributed by atoms with Crippen LogP contribution in [0.15, 0.2) is 30.5 Å². The summed E-state index contributed by atoms with van der Waals surface area (Å²) in [5.41, 5.74) is 1.19. The molecule has 0 spiro atoms. The molecule has 33 heavy (non-hydrogen) atoms. The zero-order valence-electron chi connectivity index (χ0n) is 18.7. The average molecular weight is 458 g/mol. The Labute approximate surface area is 189 Å². The third kappa shape index (κ3) is 4.20. The van der Waals surface area contributed by atoms with Gasteiger partial charge in [-0.15, -0.1) is 0 Å². The Balaban J connectivity index is 1.51. The van der Waals surface area contributed by atoms with Crippen molar-refractivity contribution in [1.29, 1.82) is 0 Å². The van der Waals surface area contributed by atoms with Gasteiger partial charge in [0.05, 0.1) is 16.7 Å². The number of fused-ring (bicyclic) bond motifs is 3. The Morgan fingerprint density at radius 2 is 1.82 bits per heavy atom. The summed E-state index contributed by atoms with van der Waals surface area (Å²) in [6.45, 7) is 5.03. The van der Waals surface area contributed by atoms with E-state index in [4.69, 9.17) is 0 Å². The molecule has 3 aromatic heterocycles.